The maximum Gasteiger partial charge on any atom is 0.328 e. The number of aromatic nitrogens is 2. The van der Waals surface area contributed by atoms with Gasteiger partial charge in [0.25, 0.3) is 0 Å². The number of nitrogens with one attached hydrogen (secondary N) is 1. The number of aryl methyl sites for hydroxylation is 1. The fourth-order valence-corrected chi connectivity index (χ4v) is 4.74. The van der Waals surface area contributed by atoms with E-state index < -0.39 is 6.03 Å². The first-order chi connectivity index (χ1) is 18.4. The Morgan fingerprint density at radius 3 is 2.82 bits per heavy atom. The highest BCUT2D eigenvalue weighted by atomic mass is 16.5. The van der Waals surface area contributed by atoms with Crippen molar-refractivity contribution in [1.29, 1.82) is 5.26 Å². The molecule has 4 heterocycles. The third kappa shape index (κ3) is 5.74. The van der Waals surface area contributed by atoms with Crippen LogP contribution in [0.1, 0.15) is 40.0 Å². The number of nitrogens with zero attached hydrogens (tertiary/aromatic N) is 6. The van der Waals surface area contributed by atoms with Crippen LogP contribution >= 0.6 is 0 Å². The predicted octanol–water partition coefficient (Wildman–Crippen LogP) is 1.98. The van der Waals surface area contributed by atoms with Gasteiger partial charge in [0, 0.05) is 65.3 Å². The van der Waals surface area contributed by atoms with Crippen molar-refractivity contribution in [2.45, 2.75) is 31.9 Å². The molecule has 200 valence electrons. The Balaban J connectivity index is 1.55. The normalized spacial score (nSPS) is 16.5. The summed E-state index contributed by atoms with van der Waals surface area (Å²) in [7, 11) is 4.74. The van der Waals surface area contributed by atoms with Crippen molar-refractivity contribution in [1.82, 2.24) is 14.9 Å². The Kier molecular flexibility index (Phi) is 8.50. The number of amides is 3. The molecule has 0 radical (unpaired) electrons. The second-order valence-electron chi connectivity index (χ2n) is 9.29. The van der Waals surface area contributed by atoms with E-state index in [9.17, 15) is 19.6 Å². The van der Waals surface area contributed by atoms with Crippen molar-refractivity contribution in [3.63, 3.8) is 0 Å². The Morgan fingerprint density at radius 1 is 1.32 bits per heavy atom. The van der Waals surface area contributed by atoms with Crippen LogP contribution in [0.15, 0.2) is 18.3 Å². The quantitative estimate of drug-likeness (QED) is 0.516. The maximum absolute atomic E-state index is 13.3. The monoisotopic (exact) mass is 521 g/mol. The highest BCUT2D eigenvalue weighted by Gasteiger charge is 2.28. The van der Waals surface area contributed by atoms with Crippen LogP contribution < -0.4 is 15.1 Å². The van der Waals surface area contributed by atoms with Gasteiger partial charge in [-0.15, -0.1) is 0 Å². The number of methoxy groups -OCH3 is 2. The summed E-state index contributed by atoms with van der Waals surface area (Å²) < 4.78 is 10.3. The number of pyridine rings is 2. The Morgan fingerprint density at radius 2 is 2.13 bits per heavy atom. The van der Waals surface area contributed by atoms with Crippen LogP contribution in [0.2, 0.25) is 0 Å². The van der Waals surface area contributed by atoms with E-state index in [1.165, 1.54) is 23.1 Å². The summed E-state index contributed by atoms with van der Waals surface area (Å²) in [5, 5.41) is 12.4. The lowest BCUT2D eigenvalue weighted by molar-refractivity contribution is -0.134. The lowest BCUT2D eigenvalue weighted by Gasteiger charge is -2.29. The van der Waals surface area contributed by atoms with Crippen LogP contribution in [0.25, 0.3) is 0 Å². The van der Waals surface area contributed by atoms with Crippen LogP contribution in [0.5, 0.6) is 0 Å². The number of nitriles is 1. The smallest absolute Gasteiger partial charge is 0.328 e. The van der Waals surface area contributed by atoms with Gasteiger partial charge in [0.15, 0.2) is 6.29 Å². The molecule has 1 fully saturated rings. The molecule has 1 atom stereocenters. The minimum Gasteiger partial charge on any atom is -0.380 e. The molecule has 2 aromatic rings. The zero-order valence-corrected chi connectivity index (χ0v) is 21.8. The number of hydrogen-bond donors (Lipinski definition) is 1. The molecule has 4 rings (SSSR count). The van der Waals surface area contributed by atoms with E-state index in [2.05, 4.69) is 21.4 Å². The zero-order valence-electron chi connectivity index (χ0n) is 21.8. The molecule has 1 unspecified atom stereocenters. The van der Waals surface area contributed by atoms with Gasteiger partial charge in [-0.2, -0.15) is 5.26 Å². The van der Waals surface area contributed by atoms with Gasteiger partial charge in [0.1, 0.15) is 30.0 Å². The maximum atomic E-state index is 13.3. The van der Waals surface area contributed by atoms with Crippen molar-refractivity contribution in [3.8, 4) is 6.07 Å². The van der Waals surface area contributed by atoms with Crippen molar-refractivity contribution < 1.29 is 23.9 Å². The molecular formula is C26H31N7O5. The fourth-order valence-electron chi connectivity index (χ4n) is 4.74. The minimum atomic E-state index is -0.435. The number of carbonyl (C=O) groups is 3. The van der Waals surface area contributed by atoms with E-state index in [1.54, 1.807) is 20.2 Å². The summed E-state index contributed by atoms with van der Waals surface area (Å²) in [6.07, 6.45) is 4.40. The topological polar surface area (TPSA) is 141 Å². The van der Waals surface area contributed by atoms with Gasteiger partial charge >= 0.3 is 6.03 Å². The molecule has 0 aromatic carbocycles. The third-order valence-electron chi connectivity index (χ3n) is 6.79. The summed E-state index contributed by atoms with van der Waals surface area (Å²) in [5.41, 5.74) is 2.69. The van der Waals surface area contributed by atoms with Gasteiger partial charge in [-0.1, -0.05) is 0 Å². The fraction of sp³-hybridized carbons (Fsp3) is 0.462. The molecule has 3 amide bonds. The van der Waals surface area contributed by atoms with Gasteiger partial charge < -0.3 is 19.3 Å². The SMILES string of the molecule is COCC(=O)N(C)Cc1cc2c(nc1C=O)N(C(=O)Nc1cc(N3CCC(OC)C3)c(C#N)cn1)CCC2. The molecule has 0 bridgehead atoms. The average molecular weight is 522 g/mol. The molecule has 0 spiro atoms. The summed E-state index contributed by atoms with van der Waals surface area (Å²) >= 11 is 0. The highest BCUT2D eigenvalue weighted by molar-refractivity contribution is 6.02. The Hall–Kier alpha value is -4.08. The first kappa shape index (κ1) is 27.0. The number of carbonyl (C=O) groups excluding carboxylic acids is 3. The number of anilines is 3. The number of aldehydes is 1. The molecule has 2 aliphatic heterocycles. The predicted molar refractivity (Wildman–Crippen MR) is 139 cm³/mol. The van der Waals surface area contributed by atoms with Gasteiger partial charge in [0.2, 0.25) is 5.91 Å². The van der Waals surface area contributed by atoms with Gasteiger partial charge in [-0.25, -0.2) is 14.8 Å². The van der Waals surface area contributed by atoms with Crippen LogP contribution in [-0.4, -0.2) is 86.7 Å². The van der Waals surface area contributed by atoms with Crippen LogP contribution in [0.4, 0.5) is 22.1 Å². The second-order valence-corrected chi connectivity index (χ2v) is 9.29. The molecular weight excluding hydrogens is 490 g/mol. The second kappa shape index (κ2) is 12.0. The standard InChI is InChI=1S/C26H31N7O5/c1-31(24(35)16-37-2)13-18-9-17-5-4-7-33(25(17)29-21(18)15-34)26(36)30-23-10-22(19(11-27)12-28-23)32-8-6-20(14-32)38-3/h9-10,12,15,20H,4-8,13-14,16H2,1-3H3,(H,28,30,36). The molecule has 1 saturated heterocycles. The Labute approximate surface area is 221 Å². The number of likely N-dealkylation sites (N-methyl/N-ethyl adjacent to an activating group) is 1. The van der Waals surface area contributed by atoms with Crippen molar-refractivity contribution >= 4 is 35.5 Å². The van der Waals surface area contributed by atoms with E-state index in [1.807, 2.05) is 11.0 Å². The first-order valence-electron chi connectivity index (χ1n) is 12.4. The van der Waals surface area contributed by atoms with Crippen LogP contribution in [0.3, 0.4) is 0 Å². The number of fused-ring (bicyclic) bond motifs is 1. The molecule has 0 aliphatic carbocycles. The number of hydrogen-bond acceptors (Lipinski definition) is 9. The van der Waals surface area contributed by atoms with Crippen LogP contribution in [0, 0.1) is 11.3 Å². The number of urea groups is 1. The first-order valence-corrected chi connectivity index (χ1v) is 12.4. The molecule has 0 saturated carbocycles. The molecule has 2 aliphatic rings. The average Bonchev–Trinajstić information content (AvgIpc) is 3.41. The van der Waals surface area contributed by atoms with Crippen molar-refractivity contribution in [2.75, 3.05) is 62.6 Å². The molecule has 12 nitrogen and oxygen atoms in total. The summed E-state index contributed by atoms with van der Waals surface area (Å²) in [6.45, 7) is 1.93. The molecule has 2 aromatic heterocycles. The lowest BCUT2D eigenvalue weighted by atomic mass is 10.0. The van der Waals surface area contributed by atoms with E-state index >= 15 is 0 Å². The summed E-state index contributed by atoms with van der Waals surface area (Å²) in [6, 6.07) is 5.26. The molecule has 38 heavy (non-hydrogen) atoms. The molecule has 1 N–H and O–H groups in total. The van der Waals surface area contributed by atoms with Crippen molar-refractivity contribution in [3.05, 3.63) is 40.7 Å². The van der Waals surface area contributed by atoms with Gasteiger partial charge in [-0.3, -0.25) is 19.8 Å². The Bertz CT molecular complexity index is 1260. The van der Waals surface area contributed by atoms with Crippen LogP contribution in [-0.2, 0) is 27.2 Å². The molecule has 12 heteroatoms. The van der Waals surface area contributed by atoms with Crippen molar-refractivity contribution in [2.24, 2.45) is 0 Å². The summed E-state index contributed by atoms with van der Waals surface area (Å²) in [4.78, 5) is 51.1. The van der Waals surface area contributed by atoms with Gasteiger partial charge in [-0.05, 0) is 30.9 Å². The lowest BCUT2D eigenvalue weighted by Crippen LogP contribution is -2.40. The summed E-state index contributed by atoms with van der Waals surface area (Å²) in [5.74, 6) is 0.494. The number of ether oxygens (including phenoxy) is 2. The number of rotatable bonds is 8. The third-order valence-corrected chi connectivity index (χ3v) is 6.79. The van der Waals surface area contributed by atoms with E-state index in [-0.39, 0.29) is 30.9 Å². The minimum absolute atomic E-state index is 0.0605. The zero-order chi connectivity index (χ0) is 27.2. The highest BCUT2D eigenvalue weighted by Crippen LogP contribution is 2.30. The van der Waals surface area contributed by atoms with E-state index in [0.29, 0.717) is 60.7 Å². The van der Waals surface area contributed by atoms with E-state index in [0.717, 1.165) is 18.5 Å². The van der Waals surface area contributed by atoms with Gasteiger partial charge in [0.05, 0.1) is 17.4 Å². The van der Waals surface area contributed by atoms with E-state index in [4.69, 9.17) is 9.47 Å². The largest absolute Gasteiger partial charge is 0.380 e.